The zero-order valence-electron chi connectivity index (χ0n) is 33.7. The SMILES string of the molecule is CCCCCCCCCCCCCC[PH](CCCCCCCCCCCCCC)(CCCCCCCCCCCCCC)C(C)C. The van der Waals surface area contributed by atoms with Gasteiger partial charge < -0.3 is 0 Å². The predicted octanol–water partition coefficient (Wildman–Crippen LogP) is 17.2. The molecule has 0 heterocycles. The van der Waals surface area contributed by atoms with E-state index in [9.17, 15) is 0 Å². The fourth-order valence-electron chi connectivity index (χ4n) is 8.20. The quantitative estimate of drug-likeness (QED) is 0.0451. The van der Waals surface area contributed by atoms with Crippen LogP contribution in [0.5, 0.6) is 0 Å². The van der Waals surface area contributed by atoms with E-state index >= 15 is 0 Å². The van der Waals surface area contributed by atoms with Gasteiger partial charge in [0.15, 0.2) is 0 Å². The fraction of sp³-hybridized carbons (Fsp3) is 1.00. The molecule has 46 heavy (non-hydrogen) atoms. The van der Waals surface area contributed by atoms with Crippen LogP contribution >= 0.6 is 7.26 Å². The van der Waals surface area contributed by atoms with Crippen molar-refractivity contribution in [2.45, 2.75) is 271 Å². The predicted molar refractivity (Wildman–Crippen MR) is 221 cm³/mol. The molecule has 0 radical (unpaired) electrons. The Balaban J connectivity index is 4.36. The van der Waals surface area contributed by atoms with Gasteiger partial charge in [0.1, 0.15) is 0 Å². The second-order valence-electron chi connectivity index (χ2n) is 16.4. The van der Waals surface area contributed by atoms with Crippen LogP contribution in [0.3, 0.4) is 0 Å². The Morgan fingerprint density at radius 3 is 0.543 bits per heavy atom. The maximum atomic E-state index is 2.65. The molecule has 0 bridgehead atoms. The van der Waals surface area contributed by atoms with Crippen molar-refractivity contribution in [3.05, 3.63) is 0 Å². The van der Waals surface area contributed by atoms with Gasteiger partial charge >= 0.3 is 257 Å². The van der Waals surface area contributed by atoms with E-state index < -0.39 is 7.26 Å². The van der Waals surface area contributed by atoms with E-state index in [0.29, 0.717) is 0 Å². The first-order chi connectivity index (χ1) is 22.6. The second-order valence-corrected chi connectivity index (χ2v) is 21.8. The average Bonchev–Trinajstić information content (AvgIpc) is 3.05. The molecule has 0 aromatic carbocycles. The van der Waals surface area contributed by atoms with Crippen molar-refractivity contribution < 1.29 is 0 Å². The van der Waals surface area contributed by atoms with Crippen LogP contribution in [0.4, 0.5) is 0 Å². The molecule has 0 amide bonds. The van der Waals surface area contributed by atoms with Gasteiger partial charge in [0.25, 0.3) is 0 Å². The first-order valence-electron chi connectivity index (χ1n) is 22.6. The van der Waals surface area contributed by atoms with Gasteiger partial charge in [-0.2, -0.15) is 0 Å². The van der Waals surface area contributed by atoms with Gasteiger partial charge in [-0.15, -0.1) is 0 Å². The van der Waals surface area contributed by atoms with Crippen molar-refractivity contribution in [1.29, 1.82) is 0 Å². The fourth-order valence-corrected chi connectivity index (χ4v) is 13.5. The minimum atomic E-state index is -1.16. The first-order valence-corrected chi connectivity index (χ1v) is 25.3. The molecule has 0 unspecified atom stereocenters. The third-order valence-corrected chi connectivity index (χ3v) is 18.3. The number of unbranched alkanes of at least 4 members (excludes halogenated alkanes) is 33. The summed E-state index contributed by atoms with van der Waals surface area (Å²) in [5.74, 6) is 0. The summed E-state index contributed by atoms with van der Waals surface area (Å²) in [5, 5.41) is 0. The zero-order valence-corrected chi connectivity index (χ0v) is 34.7. The third-order valence-electron chi connectivity index (χ3n) is 11.8. The Morgan fingerprint density at radius 2 is 0.391 bits per heavy atom. The van der Waals surface area contributed by atoms with E-state index in [1.165, 1.54) is 212 Å². The normalized spacial score (nSPS) is 12.5. The van der Waals surface area contributed by atoms with E-state index in [1.807, 2.05) is 0 Å². The Kier molecular flexibility index (Phi) is 38.6. The van der Waals surface area contributed by atoms with Crippen LogP contribution in [-0.2, 0) is 0 Å². The molecule has 280 valence electrons. The standard InChI is InChI=1S/C45H95P/c1-6-9-12-15-18-21-24-27-30-33-36-39-42-46(45(4)5,43-40-37-34-31-28-25-22-19-16-13-10-7-2)44-41-38-35-32-29-26-23-20-17-14-11-8-3/h45-46H,6-44H2,1-5H3. The molecule has 0 saturated carbocycles. The monoisotopic (exact) mass is 667 g/mol. The van der Waals surface area contributed by atoms with Gasteiger partial charge in [-0.25, -0.2) is 0 Å². The maximum absolute atomic E-state index is 2.65. The van der Waals surface area contributed by atoms with Gasteiger partial charge in [0, 0.05) is 0 Å². The molecule has 0 aliphatic rings. The Hall–Kier alpha value is 0.430. The average molecular weight is 667 g/mol. The van der Waals surface area contributed by atoms with E-state index in [1.54, 1.807) is 37.7 Å². The molecule has 0 spiro atoms. The topological polar surface area (TPSA) is 0 Å². The Labute approximate surface area is 296 Å². The third kappa shape index (κ3) is 31.7. The van der Waals surface area contributed by atoms with Crippen LogP contribution in [0.15, 0.2) is 0 Å². The number of rotatable bonds is 40. The van der Waals surface area contributed by atoms with Crippen LogP contribution < -0.4 is 0 Å². The van der Waals surface area contributed by atoms with Crippen molar-refractivity contribution in [2.24, 2.45) is 0 Å². The summed E-state index contributed by atoms with van der Waals surface area (Å²) in [7, 11) is -1.16. The molecule has 0 aromatic rings. The van der Waals surface area contributed by atoms with E-state index in [0.717, 1.165) is 5.66 Å². The molecule has 1 heteroatoms. The van der Waals surface area contributed by atoms with Crippen molar-refractivity contribution >= 4 is 7.26 Å². The molecule has 0 nitrogen and oxygen atoms in total. The molecule has 0 N–H and O–H groups in total. The van der Waals surface area contributed by atoms with Gasteiger partial charge in [-0.1, -0.05) is 40.0 Å². The molecule has 0 aliphatic carbocycles. The van der Waals surface area contributed by atoms with Crippen LogP contribution in [-0.4, -0.2) is 24.1 Å². The summed E-state index contributed by atoms with van der Waals surface area (Å²) >= 11 is 0. The first kappa shape index (κ1) is 46.4. The van der Waals surface area contributed by atoms with Crippen LogP contribution in [0, 0.1) is 0 Å². The molecular formula is C45H95P. The molecule has 0 atom stereocenters. The Bertz CT molecular complexity index is 470. The summed E-state index contributed by atoms with van der Waals surface area (Å²) < 4.78 is 0. The van der Waals surface area contributed by atoms with Crippen molar-refractivity contribution in [1.82, 2.24) is 0 Å². The van der Waals surface area contributed by atoms with Crippen molar-refractivity contribution in [2.75, 3.05) is 18.5 Å². The van der Waals surface area contributed by atoms with Crippen LogP contribution in [0.25, 0.3) is 0 Å². The number of hydrogen-bond donors (Lipinski definition) is 0. The van der Waals surface area contributed by atoms with Crippen LogP contribution in [0.2, 0.25) is 0 Å². The van der Waals surface area contributed by atoms with Crippen molar-refractivity contribution in [3.63, 3.8) is 0 Å². The molecule has 0 rings (SSSR count). The summed E-state index contributed by atoms with van der Waals surface area (Å²) in [5.41, 5.74) is 0.987. The molecule has 0 aromatic heterocycles. The van der Waals surface area contributed by atoms with Gasteiger partial charge in [0.2, 0.25) is 0 Å². The second kappa shape index (κ2) is 38.2. The summed E-state index contributed by atoms with van der Waals surface area (Å²) in [6, 6.07) is 0. The number of hydrogen-bond acceptors (Lipinski definition) is 0. The van der Waals surface area contributed by atoms with Gasteiger partial charge in [-0.3, -0.25) is 0 Å². The van der Waals surface area contributed by atoms with Crippen molar-refractivity contribution in [3.8, 4) is 0 Å². The minimum absolute atomic E-state index is 0.987. The van der Waals surface area contributed by atoms with E-state index in [4.69, 9.17) is 0 Å². The zero-order chi connectivity index (χ0) is 33.7. The molecule has 0 aliphatic heterocycles. The Morgan fingerprint density at radius 1 is 0.239 bits per heavy atom. The van der Waals surface area contributed by atoms with Crippen LogP contribution in [0.1, 0.15) is 266 Å². The van der Waals surface area contributed by atoms with Gasteiger partial charge in [-0.05, 0) is 0 Å². The van der Waals surface area contributed by atoms with E-state index in [-0.39, 0.29) is 0 Å². The summed E-state index contributed by atoms with van der Waals surface area (Å²) in [4.78, 5) is 0. The molecule has 0 fully saturated rings. The summed E-state index contributed by atoms with van der Waals surface area (Å²) in [6.07, 6.45) is 58.4. The summed E-state index contributed by atoms with van der Waals surface area (Å²) in [6.45, 7) is 12.3. The molecule has 0 saturated heterocycles. The van der Waals surface area contributed by atoms with Gasteiger partial charge in [0.05, 0.1) is 0 Å². The van der Waals surface area contributed by atoms with E-state index in [2.05, 4.69) is 34.6 Å². The molecular weight excluding hydrogens is 571 g/mol.